The van der Waals surface area contributed by atoms with E-state index < -0.39 is 0 Å². The van der Waals surface area contributed by atoms with Crippen LogP contribution in [0.25, 0.3) is 0 Å². The highest BCUT2D eigenvalue weighted by atomic mass is 16.5. The second-order valence-electron chi connectivity index (χ2n) is 9.94. The van der Waals surface area contributed by atoms with E-state index in [0.717, 1.165) is 39.1 Å². The lowest BCUT2D eigenvalue weighted by Crippen LogP contribution is -2.50. The Morgan fingerprint density at radius 1 is 1.22 bits per heavy atom. The lowest BCUT2D eigenvalue weighted by Gasteiger charge is -2.38. The Balaban J connectivity index is 1.59. The first kappa shape index (κ1) is 26.1. The van der Waals surface area contributed by atoms with Gasteiger partial charge in [-0.1, -0.05) is 18.9 Å². The van der Waals surface area contributed by atoms with E-state index in [-0.39, 0.29) is 30.6 Å². The minimum absolute atomic E-state index is 0.0543. The molecule has 0 aliphatic carbocycles. The molecule has 1 fully saturated rings. The number of aliphatic hydroxyl groups excluding tert-OH is 1. The summed E-state index contributed by atoms with van der Waals surface area (Å²) in [7, 11) is 2.12. The van der Waals surface area contributed by atoms with E-state index in [9.17, 15) is 9.90 Å². The predicted molar refractivity (Wildman–Crippen MR) is 137 cm³/mol. The van der Waals surface area contributed by atoms with E-state index >= 15 is 0 Å². The van der Waals surface area contributed by atoms with Crippen molar-refractivity contribution in [1.82, 2.24) is 19.8 Å². The lowest BCUT2D eigenvalue weighted by atomic mass is 9.97. The van der Waals surface area contributed by atoms with E-state index in [1.54, 1.807) is 23.4 Å². The van der Waals surface area contributed by atoms with E-state index in [4.69, 9.17) is 9.47 Å². The highest BCUT2D eigenvalue weighted by Gasteiger charge is 2.34. The zero-order chi connectivity index (χ0) is 25.5. The molecule has 4 rings (SSSR count). The largest absolute Gasteiger partial charge is 0.472 e. The molecule has 36 heavy (non-hydrogen) atoms. The molecule has 0 unspecified atom stereocenters. The van der Waals surface area contributed by atoms with Crippen LogP contribution in [0.2, 0.25) is 0 Å². The molecule has 2 aliphatic heterocycles. The number of rotatable bonds is 6. The van der Waals surface area contributed by atoms with Gasteiger partial charge in [-0.25, -0.2) is 9.97 Å². The van der Waals surface area contributed by atoms with Gasteiger partial charge in [0.1, 0.15) is 17.4 Å². The topological polar surface area (TPSA) is 88.0 Å². The normalized spacial score (nSPS) is 21.6. The molecule has 8 nitrogen and oxygen atoms in total. The van der Waals surface area contributed by atoms with Gasteiger partial charge in [-0.15, -0.1) is 0 Å². The first-order chi connectivity index (χ1) is 17.4. The summed E-state index contributed by atoms with van der Waals surface area (Å²) in [5.41, 5.74) is 1.62. The minimum Gasteiger partial charge on any atom is -0.472 e. The van der Waals surface area contributed by atoms with Crippen molar-refractivity contribution in [1.29, 1.82) is 0 Å². The number of likely N-dealkylation sites (N-methyl/N-ethyl adjacent to an activating group) is 1. The fraction of sp³-hybridized carbons (Fsp3) is 0.536. The number of carbonyl (C=O) groups is 1. The Morgan fingerprint density at radius 2 is 2.03 bits per heavy atom. The van der Waals surface area contributed by atoms with Crippen LogP contribution in [-0.2, 0) is 4.74 Å². The predicted octanol–water partition coefficient (Wildman–Crippen LogP) is 2.45. The number of carbonyl (C=O) groups excluding carboxylic acids is 1. The van der Waals surface area contributed by atoms with Crippen molar-refractivity contribution in [3.05, 3.63) is 53.5 Å². The van der Waals surface area contributed by atoms with Gasteiger partial charge in [-0.2, -0.15) is 0 Å². The first-order valence-corrected chi connectivity index (χ1v) is 12.7. The Kier molecular flexibility index (Phi) is 8.92. The van der Waals surface area contributed by atoms with Crippen molar-refractivity contribution in [3.63, 3.8) is 0 Å². The van der Waals surface area contributed by atoms with Crippen LogP contribution in [0.4, 0.5) is 0 Å². The Bertz CT molecular complexity index is 1080. The molecule has 192 valence electrons. The molecule has 2 aliphatic rings. The van der Waals surface area contributed by atoms with E-state index in [1.807, 2.05) is 25.1 Å². The second-order valence-corrected chi connectivity index (χ2v) is 9.94. The lowest BCUT2D eigenvalue weighted by molar-refractivity contribution is 0.0254. The van der Waals surface area contributed by atoms with Crippen molar-refractivity contribution in [2.45, 2.75) is 38.8 Å². The van der Waals surface area contributed by atoms with Crippen LogP contribution >= 0.6 is 0 Å². The number of ether oxygens (including phenoxy) is 2. The number of pyridine rings is 2. The van der Waals surface area contributed by atoms with Crippen molar-refractivity contribution in [2.24, 2.45) is 11.8 Å². The third-order valence-corrected chi connectivity index (χ3v) is 6.92. The monoisotopic (exact) mass is 492 g/mol. The average Bonchev–Trinajstić information content (AvgIpc) is 2.90. The van der Waals surface area contributed by atoms with Gasteiger partial charge in [0.2, 0.25) is 5.88 Å². The summed E-state index contributed by atoms with van der Waals surface area (Å²) in [6.07, 6.45) is 5.32. The van der Waals surface area contributed by atoms with Crippen LogP contribution in [-0.4, -0.2) is 89.4 Å². The summed E-state index contributed by atoms with van der Waals surface area (Å²) in [6, 6.07) is 6.95. The number of fused-ring (bicyclic) bond motifs is 1. The molecule has 1 saturated heterocycles. The third kappa shape index (κ3) is 6.61. The summed E-state index contributed by atoms with van der Waals surface area (Å²) in [5.74, 6) is 6.85. The highest BCUT2D eigenvalue weighted by molar-refractivity contribution is 5.97. The SMILES string of the molecule is C[C@H]1CN([C@@H](C)CO)C(=O)c2cc(C#Cc3ccccn3)cnc2O[C@@H]1CN(C)CC1CCOCC1. The molecule has 0 radical (unpaired) electrons. The van der Waals surface area contributed by atoms with Crippen LogP contribution in [0.1, 0.15) is 48.3 Å². The van der Waals surface area contributed by atoms with Gasteiger partial charge >= 0.3 is 0 Å². The Morgan fingerprint density at radius 3 is 2.75 bits per heavy atom. The van der Waals surface area contributed by atoms with Crippen LogP contribution < -0.4 is 4.74 Å². The van der Waals surface area contributed by atoms with Crippen molar-refractivity contribution in [3.8, 4) is 17.7 Å². The molecule has 0 saturated carbocycles. The van der Waals surface area contributed by atoms with Gasteiger partial charge in [-0.3, -0.25) is 4.79 Å². The van der Waals surface area contributed by atoms with Crippen LogP contribution in [0, 0.1) is 23.7 Å². The Hall–Kier alpha value is -2.99. The first-order valence-electron chi connectivity index (χ1n) is 12.7. The van der Waals surface area contributed by atoms with Crippen molar-refractivity contribution < 1.29 is 19.4 Å². The standard InChI is InChI=1S/C28H36N4O4/c1-20-16-32(21(2)19-33)28(34)25-14-23(7-8-24-6-4-5-11-29-24)15-30-27(25)36-26(20)18-31(3)17-22-9-12-35-13-10-22/h4-6,11,14-15,20-22,26,33H,9-10,12-13,16-19H2,1-3H3/t20-,21-,26+/m0/s1. The van der Waals surface area contributed by atoms with Crippen LogP contribution in [0.3, 0.4) is 0 Å². The van der Waals surface area contributed by atoms with Gasteiger partial charge in [-0.05, 0) is 56.9 Å². The summed E-state index contributed by atoms with van der Waals surface area (Å²) in [5, 5.41) is 9.87. The van der Waals surface area contributed by atoms with Gasteiger partial charge in [0.15, 0.2) is 0 Å². The minimum atomic E-state index is -0.324. The highest BCUT2D eigenvalue weighted by Crippen LogP contribution is 2.27. The molecule has 1 amide bonds. The molecule has 2 aromatic rings. The summed E-state index contributed by atoms with van der Waals surface area (Å²) in [6.45, 7) is 7.67. The van der Waals surface area contributed by atoms with Gasteiger partial charge < -0.3 is 24.4 Å². The average molecular weight is 493 g/mol. The summed E-state index contributed by atoms with van der Waals surface area (Å²) < 4.78 is 11.9. The van der Waals surface area contributed by atoms with Gasteiger partial charge in [0.05, 0.1) is 12.6 Å². The maximum absolute atomic E-state index is 13.6. The molecule has 0 bridgehead atoms. The molecule has 4 heterocycles. The molecule has 8 heteroatoms. The number of aromatic nitrogens is 2. The summed E-state index contributed by atoms with van der Waals surface area (Å²) >= 11 is 0. The zero-order valence-corrected chi connectivity index (χ0v) is 21.4. The fourth-order valence-electron chi connectivity index (χ4n) is 4.71. The molecular formula is C28H36N4O4. The second kappa shape index (κ2) is 12.3. The van der Waals surface area contributed by atoms with Gasteiger partial charge in [0, 0.05) is 56.7 Å². The van der Waals surface area contributed by atoms with E-state index in [2.05, 4.69) is 40.7 Å². The van der Waals surface area contributed by atoms with E-state index in [0.29, 0.717) is 35.2 Å². The molecule has 3 atom stereocenters. The van der Waals surface area contributed by atoms with Crippen LogP contribution in [0.5, 0.6) is 5.88 Å². The number of amides is 1. The number of nitrogens with zero attached hydrogens (tertiary/aromatic N) is 4. The van der Waals surface area contributed by atoms with E-state index in [1.165, 1.54) is 0 Å². The number of aliphatic hydroxyl groups is 1. The third-order valence-electron chi connectivity index (χ3n) is 6.92. The van der Waals surface area contributed by atoms with Crippen LogP contribution in [0.15, 0.2) is 36.7 Å². The number of hydrogen-bond acceptors (Lipinski definition) is 7. The maximum atomic E-state index is 13.6. The zero-order valence-electron chi connectivity index (χ0n) is 21.4. The quantitative estimate of drug-likeness (QED) is 0.620. The molecule has 1 N–H and O–H groups in total. The smallest absolute Gasteiger partial charge is 0.259 e. The molecule has 0 spiro atoms. The Labute approximate surface area is 213 Å². The molecule has 2 aromatic heterocycles. The van der Waals surface area contributed by atoms with Gasteiger partial charge in [0.25, 0.3) is 5.91 Å². The molecule has 0 aromatic carbocycles. The summed E-state index contributed by atoms with van der Waals surface area (Å²) in [4.78, 5) is 26.4. The van der Waals surface area contributed by atoms with Crippen molar-refractivity contribution >= 4 is 5.91 Å². The van der Waals surface area contributed by atoms with Crippen molar-refractivity contribution in [2.75, 3.05) is 46.5 Å². The number of hydrogen-bond donors (Lipinski definition) is 1. The maximum Gasteiger partial charge on any atom is 0.259 e. The molecular weight excluding hydrogens is 456 g/mol. The fourth-order valence-corrected chi connectivity index (χ4v) is 4.71.